The number of hydrogen-bond donors (Lipinski definition) is 0. The predicted molar refractivity (Wildman–Crippen MR) is 83.3 cm³/mol. The molecule has 1 heterocycles. The van der Waals surface area contributed by atoms with Crippen molar-refractivity contribution in [2.45, 2.75) is 13.8 Å². The van der Waals surface area contributed by atoms with E-state index in [1.807, 2.05) is 11.3 Å². The van der Waals surface area contributed by atoms with Crippen LogP contribution in [0.1, 0.15) is 10.4 Å². The molecule has 19 heavy (non-hydrogen) atoms. The molecular weight excluding hydrogens is 252 g/mol. The third-order valence-corrected chi connectivity index (χ3v) is 4.69. The lowest BCUT2D eigenvalue weighted by atomic mass is 10.0. The molecule has 1 aromatic heterocycles. The SMILES string of the molecule is COc1ccc2ccccc2c1-c1cc(C)c(C)s1. The molecule has 0 atom stereocenters. The van der Waals surface area contributed by atoms with Crippen LogP contribution < -0.4 is 4.74 Å². The van der Waals surface area contributed by atoms with Gasteiger partial charge in [0, 0.05) is 15.3 Å². The van der Waals surface area contributed by atoms with Gasteiger partial charge >= 0.3 is 0 Å². The van der Waals surface area contributed by atoms with Crippen molar-refractivity contribution < 1.29 is 4.74 Å². The maximum absolute atomic E-state index is 5.56. The summed E-state index contributed by atoms with van der Waals surface area (Å²) >= 11 is 1.83. The second-order valence-electron chi connectivity index (χ2n) is 4.71. The molecule has 0 saturated carbocycles. The normalized spacial score (nSPS) is 10.9. The average molecular weight is 268 g/mol. The summed E-state index contributed by atoms with van der Waals surface area (Å²) in [6.07, 6.45) is 0. The molecule has 0 aliphatic carbocycles. The topological polar surface area (TPSA) is 9.23 Å². The molecule has 2 heteroatoms. The Morgan fingerprint density at radius 3 is 2.47 bits per heavy atom. The predicted octanol–water partition coefficient (Wildman–Crippen LogP) is 5.19. The van der Waals surface area contributed by atoms with Crippen molar-refractivity contribution in [3.8, 4) is 16.2 Å². The fourth-order valence-electron chi connectivity index (χ4n) is 2.37. The summed E-state index contributed by atoms with van der Waals surface area (Å²) in [4.78, 5) is 2.65. The van der Waals surface area contributed by atoms with E-state index in [1.54, 1.807) is 7.11 Å². The molecule has 0 unspecified atom stereocenters. The number of ether oxygens (including phenoxy) is 1. The number of thiophene rings is 1. The zero-order valence-electron chi connectivity index (χ0n) is 11.4. The largest absolute Gasteiger partial charge is 0.496 e. The molecule has 0 fully saturated rings. The quantitative estimate of drug-likeness (QED) is 0.621. The van der Waals surface area contributed by atoms with E-state index in [9.17, 15) is 0 Å². The molecule has 0 aliphatic heterocycles. The van der Waals surface area contributed by atoms with Crippen LogP contribution in [0.2, 0.25) is 0 Å². The first-order valence-electron chi connectivity index (χ1n) is 6.34. The first-order chi connectivity index (χ1) is 9.20. The fourth-order valence-corrected chi connectivity index (χ4v) is 3.47. The second-order valence-corrected chi connectivity index (χ2v) is 5.97. The second kappa shape index (κ2) is 4.71. The van der Waals surface area contributed by atoms with Gasteiger partial charge in [-0.3, -0.25) is 0 Å². The maximum atomic E-state index is 5.56. The molecule has 3 rings (SSSR count). The van der Waals surface area contributed by atoms with E-state index in [0.29, 0.717) is 0 Å². The highest BCUT2D eigenvalue weighted by Gasteiger charge is 2.13. The van der Waals surface area contributed by atoms with Gasteiger partial charge in [0.2, 0.25) is 0 Å². The molecule has 0 bridgehead atoms. The maximum Gasteiger partial charge on any atom is 0.128 e. The van der Waals surface area contributed by atoms with Crippen LogP contribution in [-0.4, -0.2) is 7.11 Å². The van der Waals surface area contributed by atoms with Gasteiger partial charge in [-0.1, -0.05) is 30.3 Å². The van der Waals surface area contributed by atoms with Crippen molar-refractivity contribution >= 4 is 22.1 Å². The molecule has 0 saturated heterocycles. The molecule has 96 valence electrons. The molecule has 1 nitrogen and oxygen atoms in total. The van der Waals surface area contributed by atoms with Crippen LogP contribution in [0.25, 0.3) is 21.2 Å². The Morgan fingerprint density at radius 2 is 1.79 bits per heavy atom. The summed E-state index contributed by atoms with van der Waals surface area (Å²) in [5, 5.41) is 2.50. The smallest absolute Gasteiger partial charge is 0.128 e. The lowest BCUT2D eigenvalue weighted by Crippen LogP contribution is -1.88. The van der Waals surface area contributed by atoms with Crippen LogP contribution in [0.3, 0.4) is 0 Å². The summed E-state index contributed by atoms with van der Waals surface area (Å²) in [5.41, 5.74) is 2.55. The first-order valence-corrected chi connectivity index (χ1v) is 7.15. The van der Waals surface area contributed by atoms with E-state index in [1.165, 1.54) is 31.7 Å². The van der Waals surface area contributed by atoms with E-state index < -0.39 is 0 Å². The van der Waals surface area contributed by atoms with Crippen LogP contribution in [0.15, 0.2) is 42.5 Å². The van der Waals surface area contributed by atoms with Gasteiger partial charge in [-0.25, -0.2) is 0 Å². The van der Waals surface area contributed by atoms with Crippen molar-refractivity contribution in [1.82, 2.24) is 0 Å². The van der Waals surface area contributed by atoms with Gasteiger partial charge in [0.25, 0.3) is 0 Å². The molecule has 3 aromatic rings. The van der Waals surface area contributed by atoms with Gasteiger partial charge in [0.15, 0.2) is 0 Å². The van der Waals surface area contributed by atoms with Crippen molar-refractivity contribution in [2.24, 2.45) is 0 Å². The Kier molecular flexibility index (Phi) is 3.03. The molecular formula is C17H16OS. The summed E-state index contributed by atoms with van der Waals surface area (Å²) in [6, 6.07) is 14.9. The Hall–Kier alpha value is -1.80. The average Bonchev–Trinajstić information content (AvgIpc) is 2.77. The van der Waals surface area contributed by atoms with Crippen LogP contribution in [0.5, 0.6) is 5.75 Å². The Morgan fingerprint density at radius 1 is 1.00 bits per heavy atom. The lowest BCUT2D eigenvalue weighted by Gasteiger charge is -2.10. The number of rotatable bonds is 2. The minimum atomic E-state index is 0.944. The van der Waals surface area contributed by atoms with Crippen molar-refractivity contribution in [3.63, 3.8) is 0 Å². The first kappa shape index (κ1) is 12.2. The molecule has 0 spiro atoms. The minimum Gasteiger partial charge on any atom is -0.496 e. The summed E-state index contributed by atoms with van der Waals surface area (Å²) < 4.78 is 5.56. The summed E-state index contributed by atoms with van der Waals surface area (Å²) in [7, 11) is 1.74. The van der Waals surface area contributed by atoms with Crippen LogP contribution >= 0.6 is 11.3 Å². The lowest BCUT2D eigenvalue weighted by molar-refractivity contribution is 0.417. The fraction of sp³-hybridized carbons (Fsp3) is 0.176. The standard InChI is InChI=1S/C17H16OS/c1-11-10-16(19-12(11)2)17-14-7-5-4-6-13(14)8-9-15(17)18-3/h4-10H,1-3H3. The third kappa shape index (κ3) is 2.02. The van der Waals surface area contributed by atoms with E-state index in [0.717, 1.165) is 5.75 Å². The number of fused-ring (bicyclic) bond motifs is 1. The van der Waals surface area contributed by atoms with Gasteiger partial charge in [0.1, 0.15) is 5.75 Å². The molecule has 2 aromatic carbocycles. The molecule has 0 radical (unpaired) electrons. The van der Waals surface area contributed by atoms with Crippen molar-refractivity contribution in [1.29, 1.82) is 0 Å². The number of hydrogen-bond acceptors (Lipinski definition) is 2. The number of aryl methyl sites for hydroxylation is 2. The highest BCUT2D eigenvalue weighted by atomic mass is 32.1. The zero-order chi connectivity index (χ0) is 13.4. The Bertz CT molecular complexity index is 721. The Balaban J connectivity index is 2.36. The van der Waals surface area contributed by atoms with Crippen molar-refractivity contribution in [2.75, 3.05) is 7.11 Å². The van der Waals surface area contributed by atoms with Crippen molar-refractivity contribution in [3.05, 3.63) is 52.9 Å². The summed E-state index contributed by atoms with van der Waals surface area (Å²) in [5.74, 6) is 0.944. The van der Waals surface area contributed by atoms with Gasteiger partial charge < -0.3 is 4.74 Å². The van der Waals surface area contributed by atoms with Gasteiger partial charge in [0.05, 0.1) is 7.11 Å². The van der Waals surface area contributed by atoms with Crippen LogP contribution in [0.4, 0.5) is 0 Å². The third-order valence-electron chi connectivity index (χ3n) is 3.52. The monoisotopic (exact) mass is 268 g/mol. The Labute approximate surface area is 117 Å². The van der Waals surface area contributed by atoms with E-state index in [4.69, 9.17) is 4.74 Å². The van der Waals surface area contributed by atoms with Crippen LogP contribution in [-0.2, 0) is 0 Å². The van der Waals surface area contributed by atoms with E-state index >= 15 is 0 Å². The minimum absolute atomic E-state index is 0.944. The summed E-state index contributed by atoms with van der Waals surface area (Å²) in [6.45, 7) is 4.33. The highest BCUT2D eigenvalue weighted by molar-refractivity contribution is 7.15. The number of benzene rings is 2. The molecule has 0 N–H and O–H groups in total. The molecule has 0 amide bonds. The van der Waals surface area contributed by atoms with Crippen LogP contribution in [0, 0.1) is 13.8 Å². The number of methoxy groups -OCH3 is 1. The van der Waals surface area contributed by atoms with Gasteiger partial charge in [-0.15, -0.1) is 11.3 Å². The highest BCUT2D eigenvalue weighted by Crippen LogP contribution is 2.41. The molecule has 0 aliphatic rings. The van der Waals surface area contributed by atoms with E-state index in [-0.39, 0.29) is 0 Å². The van der Waals surface area contributed by atoms with Gasteiger partial charge in [-0.2, -0.15) is 0 Å². The zero-order valence-corrected chi connectivity index (χ0v) is 12.2. The van der Waals surface area contributed by atoms with E-state index in [2.05, 4.69) is 56.3 Å². The van der Waals surface area contributed by atoms with Gasteiger partial charge in [-0.05, 0) is 42.3 Å².